The molecule has 2 aromatic rings. The van der Waals surface area contributed by atoms with Crippen LogP contribution in [0.15, 0.2) is 28.6 Å². The molecule has 1 heterocycles. The average Bonchev–Trinajstić information content (AvgIpc) is 3.20. The van der Waals surface area contributed by atoms with Crippen molar-refractivity contribution in [2.45, 2.75) is 36.4 Å². The van der Waals surface area contributed by atoms with Crippen LogP contribution in [0.1, 0.15) is 42.5 Å². The first-order valence-electron chi connectivity index (χ1n) is 9.30. The van der Waals surface area contributed by atoms with Crippen LogP contribution in [-0.2, 0) is 14.3 Å². The van der Waals surface area contributed by atoms with Gasteiger partial charge in [-0.2, -0.15) is 0 Å². The number of nitrogens with zero attached hydrogens (tertiary/aromatic N) is 2. The molecule has 1 aromatic carbocycles. The van der Waals surface area contributed by atoms with Crippen molar-refractivity contribution in [2.75, 3.05) is 23.5 Å². The van der Waals surface area contributed by atoms with Gasteiger partial charge in [0.2, 0.25) is 16.9 Å². The van der Waals surface area contributed by atoms with Crippen LogP contribution >= 0.6 is 23.1 Å². The van der Waals surface area contributed by atoms with Gasteiger partial charge in [-0.3, -0.25) is 9.59 Å². The molecule has 1 aromatic heterocycles. The summed E-state index contributed by atoms with van der Waals surface area (Å²) in [4.78, 5) is 35.8. The number of hydrogen-bond acceptors (Lipinski definition) is 8. The zero-order valence-electron chi connectivity index (χ0n) is 16.0. The van der Waals surface area contributed by atoms with Gasteiger partial charge in [-0.1, -0.05) is 42.4 Å². The molecule has 154 valence electrons. The molecule has 0 radical (unpaired) electrons. The van der Waals surface area contributed by atoms with E-state index in [2.05, 4.69) is 25.6 Å². The second kappa shape index (κ2) is 10.4. The fourth-order valence-electron chi connectivity index (χ4n) is 3.02. The summed E-state index contributed by atoms with van der Waals surface area (Å²) in [6, 6.07) is 6.44. The number of carbonyl (C=O) groups is 3. The van der Waals surface area contributed by atoms with Crippen molar-refractivity contribution in [3.8, 4) is 0 Å². The van der Waals surface area contributed by atoms with Crippen molar-refractivity contribution in [1.29, 1.82) is 0 Å². The number of nitrogens with one attached hydrogen (secondary N) is 2. The largest absolute Gasteiger partial charge is 0.465 e. The Hall–Kier alpha value is -2.46. The lowest BCUT2D eigenvalue weighted by Crippen LogP contribution is -2.24. The molecule has 10 heteroatoms. The predicted molar refractivity (Wildman–Crippen MR) is 112 cm³/mol. The van der Waals surface area contributed by atoms with E-state index in [0.29, 0.717) is 20.7 Å². The van der Waals surface area contributed by atoms with Crippen LogP contribution in [0.5, 0.6) is 0 Å². The van der Waals surface area contributed by atoms with Crippen LogP contribution in [-0.4, -0.2) is 40.8 Å². The SMILES string of the molecule is COC(=O)c1ccc(NC(=O)CSc2nnc(NC(=O)C3CCCCC3)s2)cc1. The Balaban J connectivity index is 1.44. The van der Waals surface area contributed by atoms with Crippen molar-refractivity contribution in [3.05, 3.63) is 29.8 Å². The highest BCUT2D eigenvalue weighted by atomic mass is 32.2. The molecule has 3 rings (SSSR count). The summed E-state index contributed by atoms with van der Waals surface area (Å²) in [5.41, 5.74) is 0.998. The highest BCUT2D eigenvalue weighted by molar-refractivity contribution is 8.01. The minimum Gasteiger partial charge on any atom is -0.465 e. The monoisotopic (exact) mass is 434 g/mol. The fourth-order valence-corrected chi connectivity index (χ4v) is 4.58. The van der Waals surface area contributed by atoms with Crippen LogP contribution in [0.25, 0.3) is 0 Å². The Morgan fingerprint density at radius 2 is 1.83 bits per heavy atom. The van der Waals surface area contributed by atoms with Crippen LogP contribution in [0.4, 0.5) is 10.8 Å². The number of anilines is 2. The first kappa shape index (κ1) is 21.3. The lowest BCUT2D eigenvalue weighted by molar-refractivity contribution is -0.120. The second-order valence-corrected chi connectivity index (χ2v) is 8.80. The van der Waals surface area contributed by atoms with Gasteiger partial charge in [0.1, 0.15) is 0 Å². The first-order valence-corrected chi connectivity index (χ1v) is 11.1. The zero-order chi connectivity index (χ0) is 20.6. The summed E-state index contributed by atoms with van der Waals surface area (Å²) in [5.74, 6) is -0.417. The molecular weight excluding hydrogens is 412 g/mol. The molecule has 0 atom stereocenters. The van der Waals surface area contributed by atoms with Crippen LogP contribution in [0.3, 0.4) is 0 Å². The van der Waals surface area contributed by atoms with Gasteiger partial charge >= 0.3 is 5.97 Å². The Bertz CT molecular complexity index is 863. The van der Waals surface area contributed by atoms with Gasteiger partial charge in [-0.25, -0.2) is 4.79 Å². The summed E-state index contributed by atoms with van der Waals surface area (Å²) in [6.45, 7) is 0. The number of methoxy groups -OCH3 is 1. The van der Waals surface area contributed by atoms with Gasteiger partial charge in [0.25, 0.3) is 0 Å². The van der Waals surface area contributed by atoms with Gasteiger partial charge in [-0.15, -0.1) is 10.2 Å². The van der Waals surface area contributed by atoms with E-state index in [9.17, 15) is 14.4 Å². The number of thioether (sulfide) groups is 1. The molecule has 1 fully saturated rings. The second-order valence-electron chi connectivity index (χ2n) is 6.60. The molecule has 0 unspecified atom stereocenters. The Morgan fingerprint density at radius 1 is 1.10 bits per heavy atom. The molecular formula is C19H22N4O4S2. The van der Waals surface area contributed by atoms with Gasteiger partial charge in [-0.05, 0) is 37.1 Å². The minimum absolute atomic E-state index is 0.00513. The number of rotatable bonds is 7. The van der Waals surface area contributed by atoms with Gasteiger partial charge in [0, 0.05) is 11.6 Å². The number of aromatic nitrogens is 2. The Labute approximate surface area is 176 Å². The molecule has 8 nitrogen and oxygen atoms in total. The molecule has 29 heavy (non-hydrogen) atoms. The maximum absolute atomic E-state index is 12.3. The number of carbonyl (C=O) groups excluding carboxylic acids is 3. The quantitative estimate of drug-likeness (QED) is 0.389. The Kier molecular flexibility index (Phi) is 7.59. The van der Waals surface area contributed by atoms with E-state index in [0.717, 1.165) is 25.7 Å². The number of amides is 2. The van der Waals surface area contributed by atoms with E-state index in [1.54, 1.807) is 24.3 Å². The number of benzene rings is 1. The van der Waals surface area contributed by atoms with Gasteiger partial charge < -0.3 is 15.4 Å². The van der Waals surface area contributed by atoms with E-state index in [4.69, 9.17) is 0 Å². The highest BCUT2D eigenvalue weighted by Crippen LogP contribution is 2.28. The molecule has 0 aliphatic heterocycles. The summed E-state index contributed by atoms with van der Waals surface area (Å²) < 4.78 is 5.25. The summed E-state index contributed by atoms with van der Waals surface area (Å²) >= 11 is 2.51. The number of hydrogen-bond donors (Lipinski definition) is 2. The first-order chi connectivity index (χ1) is 14.0. The summed E-state index contributed by atoms with van der Waals surface area (Å²) in [6.07, 6.45) is 5.23. The zero-order valence-corrected chi connectivity index (χ0v) is 17.6. The molecule has 0 spiro atoms. The van der Waals surface area contributed by atoms with E-state index in [1.807, 2.05) is 0 Å². The molecule has 0 saturated heterocycles. The van der Waals surface area contributed by atoms with Crippen molar-refractivity contribution >= 4 is 51.7 Å². The third kappa shape index (κ3) is 6.26. The number of esters is 1. The molecule has 1 aliphatic rings. The predicted octanol–water partition coefficient (Wildman–Crippen LogP) is 3.57. The van der Waals surface area contributed by atoms with E-state index >= 15 is 0 Å². The van der Waals surface area contributed by atoms with E-state index in [1.165, 1.54) is 36.6 Å². The normalized spacial score (nSPS) is 14.2. The third-order valence-electron chi connectivity index (χ3n) is 4.53. The Morgan fingerprint density at radius 3 is 2.52 bits per heavy atom. The van der Waals surface area contributed by atoms with E-state index < -0.39 is 5.97 Å². The molecule has 2 amide bonds. The molecule has 1 saturated carbocycles. The van der Waals surface area contributed by atoms with Crippen molar-refractivity contribution in [2.24, 2.45) is 5.92 Å². The fraction of sp³-hybridized carbons (Fsp3) is 0.421. The van der Waals surface area contributed by atoms with E-state index in [-0.39, 0.29) is 23.5 Å². The van der Waals surface area contributed by atoms with Crippen LogP contribution < -0.4 is 10.6 Å². The maximum Gasteiger partial charge on any atom is 0.337 e. The molecule has 1 aliphatic carbocycles. The molecule has 2 N–H and O–H groups in total. The summed E-state index contributed by atoms with van der Waals surface area (Å²) in [7, 11) is 1.32. The topological polar surface area (TPSA) is 110 Å². The van der Waals surface area contributed by atoms with Crippen molar-refractivity contribution in [3.63, 3.8) is 0 Å². The molecule has 0 bridgehead atoms. The van der Waals surface area contributed by atoms with Crippen molar-refractivity contribution in [1.82, 2.24) is 10.2 Å². The van der Waals surface area contributed by atoms with Crippen molar-refractivity contribution < 1.29 is 19.1 Å². The standard InChI is InChI=1S/C19H22N4O4S2/c1-27-17(26)13-7-9-14(10-8-13)20-15(24)11-28-19-23-22-18(29-19)21-16(25)12-5-3-2-4-6-12/h7-10,12H,2-6,11H2,1H3,(H,20,24)(H,21,22,25). The third-order valence-corrected chi connectivity index (χ3v) is 6.50. The van der Waals surface area contributed by atoms with Gasteiger partial charge in [0.05, 0.1) is 18.4 Å². The highest BCUT2D eigenvalue weighted by Gasteiger charge is 2.22. The van der Waals surface area contributed by atoms with Crippen LogP contribution in [0, 0.1) is 5.92 Å². The maximum atomic E-state index is 12.3. The minimum atomic E-state index is -0.430. The smallest absolute Gasteiger partial charge is 0.337 e. The average molecular weight is 435 g/mol. The number of ether oxygens (including phenoxy) is 1. The summed E-state index contributed by atoms with van der Waals surface area (Å²) in [5, 5.41) is 14.1. The lowest BCUT2D eigenvalue weighted by Gasteiger charge is -2.19. The van der Waals surface area contributed by atoms with Gasteiger partial charge in [0.15, 0.2) is 4.34 Å². The lowest BCUT2D eigenvalue weighted by atomic mass is 9.89. The van der Waals surface area contributed by atoms with Crippen LogP contribution in [0.2, 0.25) is 0 Å².